The van der Waals surface area contributed by atoms with Crippen molar-refractivity contribution in [2.24, 2.45) is 0 Å². The van der Waals surface area contributed by atoms with Crippen LogP contribution < -0.4 is 5.32 Å². The minimum Gasteiger partial charge on any atom is -0.310 e. The third-order valence-corrected chi connectivity index (χ3v) is 4.85. The molecule has 0 aromatic heterocycles. The van der Waals surface area contributed by atoms with Crippen molar-refractivity contribution >= 4 is 11.8 Å². The standard InChI is InChI=1S/C18H21NS/c1-14(16-5-3-2-4-6-16)20-18-11-7-15(8-12-18)13-19-17-9-10-17/h2-8,11-12,14,17,19H,9-10,13H2,1H3. The fourth-order valence-electron chi connectivity index (χ4n) is 2.23. The molecule has 2 aromatic rings. The molecule has 1 aliphatic carbocycles. The van der Waals surface area contributed by atoms with Gasteiger partial charge in [0.15, 0.2) is 0 Å². The van der Waals surface area contributed by atoms with Gasteiger partial charge in [0.1, 0.15) is 0 Å². The van der Waals surface area contributed by atoms with E-state index in [2.05, 4.69) is 66.8 Å². The molecule has 3 rings (SSSR count). The molecule has 1 aliphatic rings. The SMILES string of the molecule is CC(Sc1ccc(CNC2CC2)cc1)c1ccccc1. The van der Waals surface area contributed by atoms with Crippen LogP contribution in [0.25, 0.3) is 0 Å². The summed E-state index contributed by atoms with van der Waals surface area (Å²) in [5, 5.41) is 4.04. The van der Waals surface area contributed by atoms with E-state index >= 15 is 0 Å². The zero-order valence-corrected chi connectivity index (χ0v) is 12.7. The van der Waals surface area contributed by atoms with Gasteiger partial charge >= 0.3 is 0 Å². The molecule has 0 amide bonds. The Morgan fingerprint density at radius 2 is 1.75 bits per heavy atom. The number of thioether (sulfide) groups is 1. The van der Waals surface area contributed by atoms with Crippen LogP contribution in [-0.4, -0.2) is 6.04 Å². The van der Waals surface area contributed by atoms with Gasteiger partial charge in [0.25, 0.3) is 0 Å². The van der Waals surface area contributed by atoms with Gasteiger partial charge in [-0.2, -0.15) is 0 Å². The third kappa shape index (κ3) is 3.87. The van der Waals surface area contributed by atoms with Gasteiger partial charge in [-0.3, -0.25) is 0 Å². The second-order valence-electron chi connectivity index (χ2n) is 5.47. The van der Waals surface area contributed by atoms with Crippen molar-refractivity contribution in [2.75, 3.05) is 0 Å². The molecule has 2 aromatic carbocycles. The first-order chi connectivity index (χ1) is 9.81. The van der Waals surface area contributed by atoms with Crippen LogP contribution in [0.5, 0.6) is 0 Å². The lowest BCUT2D eigenvalue weighted by Crippen LogP contribution is -2.14. The Kier molecular flexibility index (Phi) is 4.44. The average Bonchev–Trinajstić information content (AvgIpc) is 3.32. The summed E-state index contributed by atoms with van der Waals surface area (Å²) in [4.78, 5) is 1.34. The number of benzene rings is 2. The van der Waals surface area contributed by atoms with Crippen LogP contribution in [0.3, 0.4) is 0 Å². The molecule has 0 radical (unpaired) electrons. The highest BCUT2D eigenvalue weighted by atomic mass is 32.2. The molecule has 0 spiro atoms. The smallest absolute Gasteiger partial charge is 0.0316 e. The van der Waals surface area contributed by atoms with Crippen molar-refractivity contribution in [1.29, 1.82) is 0 Å². The normalized spacial score (nSPS) is 16.1. The predicted molar refractivity (Wildman–Crippen MR) is 87.0 cm³/mol. The van der Waals surface area contributed by atoms with Gasteiger partial charge < -0.3 is 5.32 Å². The summed E-state index contributed by atoms with van der Waals surface area (Å²) in [5.41, 5.74) is 2.77. The van der Waals surface area contributed by atoms with E-state index in [0.29, 0.717) is 5.25 Å². The van der Waals surface area contributed by atoms with Crippen LogP contribution >= 0.6 is 11.8 Å². The summed E-state index contributed by atoms with van der Waals surface area (Å²) < 4.78 is 0. The van der Waals surface area contributed by atoms with Crippen molar-refractivity contribution < 1.29 is 0 Å². The maximum Gasteiger partial charge on any atom is 0.0316 e. The lowest BCUT2D eigenvalue weighted by Gasteiger charge is -2.12. The summed E-state index contributed by atoms with van der Waals surface area (Å²) in [7, 11) is 0. The molecule has 0 aliphatic heterocycles. The molecule has 2 heteroatoms. The van der Waals surface area contributed by atoms with E-state index in [1.54, 1.807) is 0 Å². The summed E-state index contributed by atoms with van der Waals surface area (Å²) in [5.74, 6) is 0. The van der Waals surface area contributed by atoms with E-state index in [1.807, 2.05) is 11.8 Å². The zero-order valence-electron chi connectivity index (χ0n) is 11.9. The van der Waals surface area contributed by atoms with Gasteiger partial charge in [-0.05, 0) is 43.0 Å². The predicted octanol–water partition coefficient (Wildman–Crippen LogP) is 4.79. The van der Waals surface area contributed by atoms with Crippen LogP contribution in [0.1, 0.15) is 36.1 Å². The van der Waals surface area contributed by atoms with Gasteiger partial charge in [-0.25, -0.2) is 0 Å². The molecule has 1 N–H and O–H groups in total. The summed E-state index contributed by atoms with van der Waals surface area (Å²) >= 11 is 1.92. The summed E-state index contributed by atoms with van der Waals surface area (Å²) in [6.07, 6.45) is 2.70. The van der Waals surface area contributed by atoms with E-state index in [1.165, 1.54) is 28.9 Å². The lowest BCUT2D eigenvalue weighted by molar-refractivity contribution is 0.687. The lowest BCUT2D eigenvalue weighted by atomic mass is 10.2. The van der Waals surface area contributed by atoms with E-state index in [-0.39, 0.29) is 0 Å². The largest absolute Gasteiger partial charge is 0.310 e. The van der Waals surface area contributed by atoms with Crippen molar-refractivity contribution in [2.45, 2.75) is 42.5 Å². The van der Waals surface area contributed by atoms with Crippen molar-refractivity contribution in [3.8, 4) is 0 Å². The highest BCUT2D eigenvalue weighted by Crippen LogP contribution is 2.34. The second-order valence-corrected chi connectivity index (χ2v) is 6.88. The first-order valence-corrected chi connectivity index (χ1v) is 8.23. The Hall–Kier alpha value is -1.25. The molecular formula is C18H21NS. The maximum atomic E-state index is 3.55. The number of hydrogen-bond donors (Lipinski definition) is 1. The molecule has 104 valence electrons. The highest BCUT2D eigenvalue weighted by Gasteiger charge is 2.19. The van der Waals surface area contributed by atoms with Gasteiger partial charge in [0, 0.05) is 22.7 Å². The van der Waals surface area contributed by atoms with Crippen molar-refractivity contribution in [3.05, 3.63) is 65.7 Å². The summed E-state index contributed by atoms with van der Waals surface area (Å²) in [6, 6.07) is 20.5. The van der Waals surface area contributed by atoms with Crippen LogP contribution in [0.4, 0.5) is 0 Å². The van der Waals surface area contributed by atoms with Gasteiger partial charge in [0.2, 0.25) is 0 Å². The quantitative estimate of drug-likeness (QED) is 0.765. The monoisotopic (exact) mass is 283 g/mol. The Balaban J connectivity index is 1.56. The Labute approximate surface area is 125 Å². The molecule has 1 unspecified atom stereocenters. The maximum absolute atomic E-state index is 3.55. The van der Waals surface area contributed by atoms with E-state index in [4.69, 9.17) is 0 Å². The number of hydrogen-bond acceptors (Lipinski definition) is 2. The first-order valence-electron chi connectivity index (χ1n) is 7.35. The molecule has 1 nitrogen and oxygen atoms in total. The molecule has 0 saturated heterocycles. The van der Waals surface area contributed by atoms with Crippen LogP contribution in [0, 0.1) is 0 Å². The van der Waals surface area contributed by atoms with E-state index in [0.717, 1.165) is 12.6 Å². The average molecular weight is 283 g/mol. The highest BCUT2D eigenvalue weighted by molar-refractivity contribution is 7.99. The van der Waals surface area contributed by atoms with E-state index < -0.39 is 0 Å². The number of rotatable bonds is 6. The minimum absolute atomic E-state index is 0.492. The second kappa shape index (κ2) is 6.47. The van der Waals surface area contributed by atoms with Crippen LogP contribution in [-0.2, 0) is 6.54 Å². The first kappa shape index (κ1) is 13.7. The molecule has 0 bridgehead atoms. The molecule has 1 saturated carbocycles. The van der Waals surface area contributed by atoms with Gasteiger partial charge in [-0.1, -0.05) is 42.5 Å². The molecule has 1 fully saturated rings. The van der Waals surface area contributed by atoms with E-state index in [9.17, 15) is 0 Å². The molecule has 20 heavy (non-hydrogen) atoms. The minimum atomic E-state index is 0.492. The van der Waals surface area contributed by atoms with Gasteiger partial charge in [-0.15, -0.1) is 11.8 Å². The number of nitrogens with one attached hydrogen (secondary N) is 1. The van der Waals surface area contributed by atoms with Crippen LogP contribution in [0.2, 0.25) is 0 Å². The van der Waals surface area contributed by atoms with Crippen molar-refractivity contribution in [3.63, 3.8) is 0 Å². The van der Waals surface area contributed by atoms with Crippen LogP contribution in [0.15, 0.2) is 59.5 Å². The zero-order chi connectivity index (χ0) is 13.8. The molecule has 1 atom stereocenters. The molecule has 0 heterocycles. The molecular weight excluding hydrogens is 262 g/mol. The third-order valence-electron chi connectivity index (χ3n) is 3.68. The van der Waals surface area contributed by atoms with Gasteiger partial charge in [0.05, 0.1) is 0 Å². The Bertz CT molecular complexity index is 531. The fourth-order valence-corrected chi connectivity index (χ4v) is 3.23. The fraction of sp³-hybridized carbons (Fsp3) is 0.333. The Morgan fingerprint density at radius 1 is 1.05 bits per heavy atom. The Morgan fingerprint density at radius 3 is 2.40 bits per heavy atom. The topological polar surface area (TPSA) is 12.0 Å². The van der Waals surface area contributed by atoms with Crippen molar-refractivity contribution in [1.82, 2.24) is 5.32 Å². The summed E-state index contributed by atoms with van der Waals surface area (Å²) in [6.45, 7) is 3.27.